The zero-order chi connectivity index (χ0) is 21.0. The highest BCUT2D eigenvalue weighted by Gasteiger charge is 2.15. The van der Waals surface area contributed by atoms with Gasteiger partial charge < -0.3 is 24.1 Å². The summed E-state index contributed by atoms with van der Waals surface area (Å²) in [6.45, 7) is 5.59. The zero-order valence-electron chi connectivity index (χ0n) is 18.0. The quantitative estimate of drug-likeness (QED) is 0.513. The van der Waals surface area contributed by atoms with Crippen LogP contribution in [0.5, 0.6) is 5.75 Å². The Kier molecular flexibility index (Phi) is 6.21. The molecule has 29 heavy (non-hydrogen) atoms. The van der Waals surface area contributed by atoms with Gasteiger partial charge in [0, 0.05) is 44.8 Å². The number of aliphatic imine (C=N–C) groups is 1. The van der Waals surface area contributed by atoms with E-state index in [2.05, 4.69) is 62.0 Å². The van der Waals surface area contributed by atoms with E-state index in [0.29, 0.717) is 6.54 Å². The van der Waals surface area contributed by atoms with Gasteiger partial charge in [0.15, 0.2) is 11.8 Å². The van der Waals surface area contributed by atoms with Gasteiger partial charge in [-0.15, -0.1) is 10.2 Å². The Labute approximate surface area is 171 Å². The first-order valence-corrected chi connectivity index (χ1v) is 9.51. The lowest BCUT2D eigenvalue weighted by atomic mass is 10.2. The number of rotatable bonds is 6. The van der Waals surface area contributed by atoms with Crippen molar-refractivity contribution in [3.8, 4) is 11.4 Å². The van der Waals surface area contributed by atoms with Crippen molar-refractivity contribution in [1.82, 2.24) is 29.5 Å². The smallest absolute Gasteiger partial charge is 0.194 e. The minimum atomic E-state index is 0.568. The molecule has 0 radical (unpaired) electrons. The Bertz CT molecular complexity index is 985. The van der Waals surface area contributed by atoms with Crippen LogP contribution < -0.4 is 10.1 Å². The molecule has 3 aromatic rings. The number of hydrogen-bond donors (Lipinski definition) is 1. The third-order valence-electron chi connectivity index (χ3n) is 5.06. The zero-order valence-corrected chi connectivity index (χ0v) is 18.0. The average molecular weight is 396 g/mol. The van der Waals surface area contributed by atoms with Gasteiger partial charge in [0.2, 0.25) is 0 Å². The van der Waals surface area contributed by atoms with Crippen LogP contribution in [0.3, 0.4) is 0 Å². The van der Waals surface area contributed by atoms with E-state index >= 15 is 0 Å². The maximum atomic E-state index is 5.27. The standard InChI is InChI=1S/C21H29N7O/c1-15-11-17(16(2)28(15)18-7-9-19(29-6)10-8-18)13-26(4)21(22-3)23-12-20-25-24-14-27(20)5/h7-11,14H,12-13H2,1-6H3,(H,22,23). The maximum absolute atomic E-state index is 5.27. The van der Waals surface area contributed by atoms with Crippen LogP contribution in [-0.2, 0) is 20.1 Å². The van der Waals surface area contributed by atoms with Crippen molar-refractivity contribution < 1.29 is 4.74 Å². The van der Waals surface area contributed by atoms with Crippen molar-refractivity contribution in [3.05, 3.63) is 59.4 Å². The van der Waals surface area contributed by atoms with Crippen LogP contribution in [0.4, 0.5) is 0 Å². The first-order chi connectivity index (χ1) is 13.9. The minimum absolute atomic E-state index is 0.568. The molecule has 2 heterocycles. The normalized spacial score (nSPS) is 11.6. The van der Waals surface area contributed by atoms with Crippen LogP contribution in [0.15, 0.2) is 41.7 Å². The predicted octanol–water partition coefficient (Wildman–Crippen LogP) is 2.44. The number of ether oxygens (including phenoxy) is 1. The molecular formula is C21H29N7O. The molecule has 1 N–H and O–H groups in total. The lowest BCUT2D eigenvalue weighted by molar-refractivity contribution is 0.414. The number of guanidine groups is 1. The van der Waals surface area contributed by atoms with E-state index in [-0.39, 0.29) is 0 Å². The van der Waals surface area contributed by atoms with Gasteiger partial charge in [-0.2, -0.15) is 0 Å². The summed E-state index contributed by atoms with van der Waals surface area (Å²) >= 11 is 0. The van der Waals surface area contributed by atoms with E-state index in [1.54, 1.807) is 20.5 Å². The molecular weight excluding hydrogens is 366 g/mol. The van der Waals surface area contributed by atoms with Gasteiger partial charge in [-0.25, -0.2) is 0 Å². The molecule has 0 atom stereocenters. The lowest BCUT2D eigenvalue weighted by Gasteiger charge is -2.22. The van der Waals surface area contributed by atoms with Crippen molar-refractivity contribution >= 4 is 5.96 Å². The van der Waals surface area contributed by atoms with Gasteiger partial charge in [0.05, 0.1) is 13.7 Å². The summed E-state index contributed by atoms with van der Waals surface area (Å²) in [4.78, 5) is 6.51. The molecule has 0 saturated heterocycles. The molecule has 0 aliphatic heterocycles. The molecule has 154 valence electrons. The Balaban J connectivity index is 1.74. The summed E-state index contributed by atoms with van der Waals surface area (Å²) in [6.07, 6.45) is 1.69. The van der Waals surface area contributed by atoms with E-state index in [4.69, 9.17) is 4.74 Å². The van der Waals surface area contributed by atoms with Gasteiger partial charge in [-0.3, -0.25) is 4.99 Å². The van der Waals surface area contributed by atoms with Crippen molar-refractivity contribution in [1.29, 1.82) is 0 Å². The summed E-state index contributed by atoms with van der Waals surface area (Å²) in [5, 5.41) is 11.4. The third-order valence-corrected chi connectivity index (χ3v) is 5.06. The van der Waals surface area contributed by atoms with Gasteiger partial charge in [-0.05, 0) is 49.7 Å². The van der Waals surface area contributed by atoms with Crippen molar-refractivity contribution in [2.75, 3.05) is 21.2 Å². The summed E-state index contributed by atoms with van der Waals surface area (Å²) in [5.74, 6) is 2.52. The number of nitrogens with zero attached hydrogens (tertiary/aromatic N) is 6. The fourth-order valence-corrected chi connectivity index (χ4v) is 3.46. The predicted molar refractivity (Wildman–Crippen MR) is 114 cm³/mol. The lowest BCUT2D eigenvalue weighted by Crippen LogP contribution is -2.38. The van der Waals surface area contributed by atoms with Crippen LogP contribution in [0.25, 0.3) is 5.69 Å². The van der Waals surface area contributed by atoms with Crippen molar-refractivity contribution in [2.45, 2.75) is 26.9 Å². The van der Waals surface area contributed by atoms with Crippen LogP contribution >= 0.6 is 0 Å². The molecule has 1 aromatic carbocycles. The molecule has 3 rings (SSSR count). The molecule has 0 bridgehead atoms. The van der Waals surface area contributed by atoms with Crippen LogP contribution in [0.2, 0.25) is 0 Å². The SMILES string of the molecule is CN=C(NCc1nncn1C)N(C)Cc1cc(C)n(-c2ccc(OC)cc2)c1C. The van der Waals surface area contributed by atoms with E-state index in [1.165, 1.54) is 17.0 Å². The van der Waals surface area contributed by atoms with E-state index in [1.807, 2.05) is 30.8 Å². The van der Waals surface area contributed by atoms with E-state index in [0.717, 1.165) is 29.8 Å². The molecule has 0 fully saturated rings. The first kappa shape index (κ1) is 20.4. The summed E-state index contributed by atoms with van der Waals surface area (Å²) in [6, 6.07) is 10.4. The van der Waals surface area contributed by atoms with Gasteiger partial charge in [-0.1, -0.05) is 0 Å². The van der Waals surface area contributed by atoms with E-state index < -0.39 is 0 Å². The van der Waals surface area contributed by atoms with Gasteiger partial charge in [0.1, 0.15) is 12.1 Å². The Morgan fingerprint density at radius 3 is 2.55 bits per heavy atom. The van der Waals surface area contributed by atoms with Crippen LogP contribution in [0, 0.1) is 13.8 Å². The van der Waals surface area contributed by atoms with Crippen LogP contribution in [-0.4, -0.2) is 51.4 Å². The average Bonchev–Trinajstić information content (AvgIpc) is 3.25. The van der Waals surface area contributed by atoms with Crippen molar-refractivity contribution in [2.24, 2.45) is 12.0 Å². The van der Waals surface area contributed by atoms with Gasteiger partial charge >= 0.3 is 0 Å². The Morgan fingerprint density at radius 2 is 1.97 bits per heavy atom. The highest BCUT2D eigenvalue weighted by Crippen LogP contribution is 2.23. The van der Waals surface area contributed by atoms with Crippen molar-refractivity contribution in [3.63, 3.8) is 0 Å². The Morgan fingerprint density at radius 1 is 1.24 bits per heavy atom. The minimum Gasteiger partial charge on any atom is -0.497 e. The molecule has 0 amide bonds. The van der Waals surface area contributed by atoms with Crippen LogP contribution in [0.1, 0.15) is 22.8 Å². The second kappa shape index (κ2) is 8.81. The highest BCUT2D eigenvalue weighted by molar-refractivity contribution is 5.79. The topological polar surface area (TPSA) is 72.5 Å². The number of methoxy groups -OCH3 is 1. The molecule has 0 aliphatic rings. The number of hydrogen-bond acceptors (Lipinski definition) is 4. The maximum Gasteiger partial charge on any atom is 0.194 e. The number of nitrogens with one attached hydrogen (secondary N) is 1. The first-order valence-electron chi connectivity index (χ1n) is 9.51. The number of aryl methyl sites for hydroxylation is 2. The monoisotopic (exact) mass is 395 g/mol. The molecule has 8 heteroatoms. The largest absolute Gasteiger partial charge is 0.497 e. The van der Waals surface area contributed by atoms with Gasteiger partial charge in [0.25, 0.3) is 0 Å². The summed E-state index contributed by atoms with van der Waals surface area (Å²) in [7, 11) is 7.43. The second-order valence-electron chi connectivity index (χ2n) is 7.04. The molecule has 2 aromatic heterocycles. The molecule has 0 saturated carbocycles. The fraction of sp³-hybridized carbons (Fsp3) is 0.381. The Hall–Kier alpha value is -3.29. The molecule has 0 unspecified atom stereocenters. The molecule has 0 spiro atoms. The molecule has 8 nitrogen and oxygen atoms in total. The molecule has 0 aliphatic carbocycles. The number of aromatic nitrogens is 4. The third kappa shape index (κ3) is 4.42. The summed E-state index contributed by atoms with van der Waals surface area (Å²) in [5.41, 5.74) is 4.78. The summed E-state index contributed by atoms with van der Waals surface area (Å²) < 4.78 is 9.43. The fourth-order valence-electron chi connectivity index (χ4n) is 3.46. The second-order valence-corrected chi connectivity index (χ2v) is 7.04. The number of benzene rings is 1. The highest BCUT2D eigenvalue weighted by atomic mass is 16.5. The van der Waals surface area contributed by atoms with E-state index in [9.17, 15) is 0 Å².